The molecule has 6 heteroatoms. The van der Waals surface area contributed by atoms with Crippen LogP contribution in [0.15, 0.2) is 48.5 Å². The number of para-hydroxylation sites is 1. The summed E-state index contributed by atoms with van der Waals surface area (Å²) in [6.07, 6.45) is 1.03. The van der Waals surface area contributed by atoms with E-state index in [0.717, 1.165) is 22.4 Å². The van der Waals surface area contributed by atoms with Crippen LogP contribution < -0.4 is 16.4 Å². The van der Waals surface area contributed by atoms with Gasteiger partial charge in [-0.1, -0.05) is 42.5 Å². The lowest BCUT2D eigenvalue weighted by atomic mass is 9.95. The van der Waals surface area contributed by atoms with Crippen molar-refractivity contribution in [2.45, 2.75) is 24.3 Å². The Hall–Kier alpha value is -2.37. The zero-order valence-corrected chi connectivity index (χ0v) is 14.5. The van der Waals surface area contributed by atoms with Crippen LogP contribution in [0.3, 0.4) is 0 Å². The summed E-state index contributed by atoms with van der Waals surface area (Å²) >= 11 is 0. The number of nitrogens with two attached hydrogens (primary N) is 2. The average molecular weight is 358 g/mol. The minimum atomic E-state index is -0.969. The van der Waals surface area contributed by atoms with Crippen molar-refractivity contribution in [1.29, 1.82) is 0 Å². The zero-order chi connectivity index (χ0) is 16.9. The highest BCUT2D eigenvalue weighted by atomic mass is 35.5. The van der Waals surface area contributed by atoms with Crippen molar-refractivity contribution in [1.82, 2.24) is 0 Å². The predicted molar refractivity (Wildman–Crippen MR) is 98.7 cm³/mol. The smallest absolute Gasteiger partial charge is 0.247 e. The number of primary amides is 1. The van der Waals surface area contributed by atoms with E-state index in [1.807, 2.05) is 48.5 Å². The van der Waals surface area contributed by atoms with E-state index < -0.39 is 17.4 Å². The Kier molecular flexibility index (Phi) is 4.31. The largest absolute Gasteiger partial charge is 0.369 e. The first kappa shape index (κ1) is 17.5. The number of carbonyl (C=O) groups is 2. The van der Waals surface area contributed by atoms with Crippen molar-refractivity contribution in [2.75, 3.05) is 11.4 Å². The van der Waals surface area contributed by atoms with E-state index in [0.29, 0.717) is 12.8 Å². The topological polar surface area (TPSA) is 89.4 Å². The quantitative estimate of drug-likeness (QED) is 0.853. The molecule has 0 bridgehead atoms. The lowest BCUT2D eigenvalue weighted by Gasteiger charge is -2.29. The van der Waals surface area contributed by atoms with Crippen molar-refractivity contribution in [3.8, 4) is 0 Å². The Balaban J connectivity index is 0.00000182. The van der Waals surface area contributed by atoms with Gasteiger partial charge in [-0.25, -0.2) is 0 Å². The average Bonchev–Trinajstić information content (AvgIpc) is 3.12. The van der Waals surface area contributed by atoms with Gasteiger partial charge in [0.25, 0.3) is 0 Å². The molecule has 5 nitrogen and oxygen atoms in total. The van der Waals surface area contributed by atoms with Gasteiger partial charge >= 0.3 is 0 Å². The second-order valence-electron chi connectivity index (χ2n) is 6.71. The molecule has 4 N–H and O–H groups in total. The van der Waals surface area contributed by atoms with E-state index in [4.69, 9.17) is 11.5 Å². The summed E-state index contributed by atoms with van der Waals surface area (Å²) in [5, 5.41) is 0. The summed E-state index contributed by atoms with van der Waals surface area (Å²) in [5.74, 6) is -1.04. The highest BCUT2D eigenvalue weighted by Gasteiger charge is 2.46. The summed E-state index contributed by atoms with van der Waals surface area (Å²) < 4.78 is 0. The van der Waals surface area contributed by atoms with Crippen molar-refractivity contribution in [3.63, 3.8) is 0 Å². The van der Waals surface area contributed by atoms with Crippen LogP contribution in [0.4, 0.5) is 5.69 Å². The summed E-state index contributed by atoms with van der Waals surface area (Å²) in [5.41, 5.74) is 14.8. The first-order chi connectivity index (χ1) is 11.5. The molecule has 2 amide bonds. The van der Waals surface area contributed by atoms with E-state index in [1.165, 1.54) is 0 Å². The summed E-state index contributed by atoms with van der Waals surface area (Å²) in [7, 11) is 0. The fraction of sp³-hybridized carbons (Fsp3) is 0.263. The Labute approximate surface area is 152 Å². The third-order valence-corrected chi connectivity index (χ3v) is 5.11. The van der Waals surface area contributed by atoms with E-state index >= 15 is 0 Å². The fourth-order valence-corrected chi connectivity index (χ4v) is 3.91. The lowest BCUT2D eigenvalue weighted by molar-refractivity contribution is -0.123. The second kappa shape index (κ2) is 6.17. The van der Waals surface area contributed by atoms with E-state index in [-0.39, 0.29) is 24.9 Å². The van der Waals surface area contributed by atoms with Crippen LogP contribution in [0, 0.1) is 0 Å². The van der Waals surface area contributed by atoms with Crippen molar-refractivity contribution in [3.05, 3.63) is 65.2 Å². The molecule has 1 aliphatic carbocycles. The first-order valence-corrected chi connectivity index (χ1v) is 8.05. The monoisotopic (exact) mass is 357 g/mol. The van der Waals surface area contributed by atoms with E-state index in [1.54, 1.807) is 4.90 Å². The number of anilines is 1. The molecule has 1 heterocycles. The summed E-state index contributed by atoms with van der Waals surface area (Å²) in [4.78, 5) is 26.6. The normalized spacial score (nSPS) is 19.7. The molecule has 130 valence electrons. The van der Waals surface area contributed by atoms with Gasteiger partial charge < -0.3 is 16.4 Å². The van der Waals surface area contributed by atoms with Gasteiger partial charge in [-0.3, -0.25) is 9.59 Å². The van der Waals surface area contributed by atoms with Crippen molar-refractivity contribution in [2.24, 2.45) is 11.5 Å². The third kappa shape index (κ3) is 2.69. The van der Waals surface area contributed by atoms with Gasteiger partial charge in [-0.15, -0.1) is 12.4 Å². The van der Waals surface area contributed by atoms with Gasteiger partial charge in [0, 0.05) is 12.2 Å². The van der Waals surface area contributed by atoms with Crippen LogP contribution in [-0.4, -0.2) is 23.9 Å². The van der Waals surface area contributed by atoms with Crippen LogP contribution in [0.2, 0.25) is 0 Å². The third-order valence-electron chi connectivity index (χ3n) is 5.11. The van der Waals surface area contributed by atoms with Crippen LogP contribution in [0.25, 0.3) is 0 Å². The number of carbonyl (C=O) groups excluding carboxylic acids is 2. The summed E-state index contributed by atoms with van der Waals surface area (Å²) in [6, 6.07) is 15.4. The number of amides is 2. The van der Waals surface area contributed by atoms with E-state index in [2.05, 4.69) is 0 Å². The molecule has 2 aromatic carbocycles. The molecular weight excluding hydrogens is 338 g/mol. The Morgan fingerprint density at radius 1 is 1.00 bits per heavy atom. The molecule has 0 saturated heterocycles. The predicted octanol–water partition coefficient (Wildman–Crippen LogP) is 1.52. The Morgan fingerprint density at radius 2 is 1.56 bits per heavy atom. The molecule has 0 saturated carbocycles. The van der Waals surface area contributed by atoms with Crippen LogP contribution in [0.5, 0.6) is 0 Å². The van der Waals surface area contributed by atoms with Crippen molar-refractivity contribution < 1.29 is 9.59 Å². The van der Waals surface area contributed by atoms with Gasteiger partial charge in [0.2, 0.25) is 11.8 Å². The number of halogens is 1. The van der Waals surface area contributed by atoms with Crippen molar-refractivity contribution >= 4 is 29.9 Å². The number of benzene rings is 2. The highest BCUT2D eigenvalue weighted by Crippen LogP contribution is 2.39. The standard InChI is InChI=1S/C19H19N3O2.ClH/c20-17(23)15-11-22(16-8-4-3-7-14(15)16)18(24)19(21)9-12-5-1-2-6-13(12)10-19;/h1-8,15H,9-11,21H2,(H2,20,23);1H. The maximum Gasteiger partial charge on any atom is 0.247 e. The van der Waals surface area contributed by atoms with Gasteiger partial charge in [0.15, 0.2) is 0 Å². The van der Waals surface area contributed by atoms with Gasteiger partial charge in [0.05, 0.1) is 5.92 Å². The lowest BCUT2D eigenvalue weighted by Crippen LogP contribution is -2.56. The molecule has 25 heavy (non-hydrogen) atoms. The maximum absolute atomic E-state index is 13.2. The number of hydrogen-bond acceptors (Lipinski definition) is 3. The maximum atomic E-state index is 13.2. The number of rotatable bonds is 2. The molecular formula is C19H20ClN3O2. The molecule has 0 aromatic heterocycles. The molecule has 2 aliphatic rings. The van der Waals surface area contributed by atoms with Gasteiger partial charge in [-0.2, -0.15) is 0 Å². The van der Waals surface area contributed by atoms with Gasteiger partial charge in [-0.05, 0) is 35.6 Å². The second-order valence-corrected chi connectivity index (χ2v) is 6.71. The molecule has 1 atom stereocenters. The molecule has 2 aromatic rings. The van der Waals surface area contributed by atoms with Crippen LogP contribution >= 0.6 is 12.4 Å². The molecule has 1 aliphatic heterocycles. The molecule has 0 radical (unpaired) electrons. The van der Waals surface area contributed by atoms with Crippen LogP contribution in [-0.2, 0) is 22.4 Å². The number of fused-ring (bicyclic) bond motifs is 2. The number of nitrogens with zero attached hydrogens (tertiary/aromatic N) is 1. The minimum absolute atomic E-state index is 0. The first-order valence-electron chi connectivity index (χ1n) is 8.05. The highest BCUT2D eigenvalue weighted by molar-refractivity contribution is 6.05. The van der Waals surface area contributed by atoms with Crippen LogP contribution in [0.1, 0.15) is 22.6 Å². The van der Waals surface area contributed by atoms with Gasteiger partial charge in [0.1, 0.15) is 5.54 Å². The number of hydrogen-bond donors (Lipinski definition) is 2. The minimum Gasteiger partial charge on any atom is -0.369 e. The van der Waals surface area contributed by atoms with E-state index in [9.17, 15) is 9.59 Å². The Morgan fingerprint density at radius 3 is 2.16 bits per heavy atom. The SMILES string of the molecule is Cl.NC(=O)C1CN(C(=O)C2(N)Cc3ccccc3C2)c2ccccc21. The fourth-order valence-electron chi connectivity index (χ4n) is 3.91. The molecule has 4 rings (SSSR count). The molecule has 0 fully saturated rings. The summed E-state index contributed by atoms with van der Waals surface area (Å²) in [6.45, 7) is 0.267. The Bertz CT molecular complexity index is 827. The molecule has 1 unspecified atom stereocenters. The molecule has 0 spiro atoms. The zero-order valence-electron chi connectivity index (χ0n) is 13.6.